The Hall–Kier alpha value is -1.33. The Morgan fingerprint density at radius 3 is 2.95 bits per heavy atom. The summed E-state index contributed by atoms with van der Waals surface area (Å²) in [5.74, 6) is -0.327. The molecule has 0 aliphatic carbocycles. The van der Waals surface area contributed by atoms with Crippen LogP contribution in [0.15, 0.2) is 34.8 Å². The number of benzene rings is 1. The number of rotatable bonds is 6. The summed E-state index contributed by atoms with van der Waals surface area (Å²) >= 11 is 8.86. The minimum absolute atomic E-state index is 0.0321. The maximum atomic E-state index is 11.8. The zero-order valence-corrected chi connectivity index (χ0v) is 13.5. The quantitative estimate of drug-likeness (QED) is 0.567. The fourth-order valence-electron chi connectivity index (χ4n) is 1.90. The molecule has 0 fully saturated rings. The first kappa shape index (κ1) is 16.0. The maximum Gasteiger partial charge on any atom is 0.339 e. The molecule has 0 spiro atoms. The van der Waals surface area contributed by atoms with Crippen molar-refractivity contribution in [3.63, 3.8) is 0 Å². The molecular weight excluding hydrogens is 360 g/mol. The standard InChI is InChI=1S/C15H14BrClO4/c16-11-4-1-3-10(7-11)13-8-12(21-15(13)19)9-20-14(18)5-2-6-17/h1,3-4,7-8,12H,2,5-6,9H2. The molecule has 0 saturated carbocycles. The van der Waals surface area contributed by atoms with Gasteiger partial charge in [-0.05, 0) is 30.2 Å². The number of cyclic esters (lactones) is 1. The third-order valence-electron chi connectivity index (χ3n) is 2.89. The van der Waals surface area contributed by atoms with Gasteiger partial charge in [-0.3, -0.25) is 4.79 Å². The number of ether oxygens (including phenoxy) is 2. The van der Waals surface area contributed by atoms with Crippen LogP contribution >= 0.6 is 27.5 Å². The molecule has 4 nitrogen and oxygen atoms in total. The second-order valence-electron chi connectivity index (χ2n) is 4.51. The normalized spacial score (nSPS) is 17.3. The first-order chi connectivity index (χ1) is 10.1. The van der Waals surface area contributed by atoms with E-state index in [0.29, 0.717) is 17.9 Å². The molecule has 1 aliphatic rings. The van der Waals surface area contributed by atoms with E-state index in [1.54, 1.807) is 6.08 Å². The van der Waals surface area contributed by atoms with E-state index in [9.17, 15) is 9.59 Å². The van der Waals surface area contributed by atoms with Gasteiger partial charge in [-0.1, -0.05) is 28.1 Å². The third-order valence-corrected chi connectivity index (χ3v) is 3.65. The summed E-state index contributed by atoms with van der Waals surface area (Å²) in [7, 11) is 0. The van der Waals surface area contributed by atoms with Crippen molar-refractivity contribution < 1.29 is 19.1 Å². The minimum atomic E-state index is -0.536. The molecule has 1 atom stereocenters. The summed E-state index contributed by atoms with van der Waals surface area (Å²) < 4.78 is 11.1. The van der Waals surface area contributed by atoms with Gasteiger partial charge in [0.1, 0.15) is 6.61 Å². The fourth-order valence-corrected chi connectivity index (χ4v) is 2.43. The molecule has 1 aromatic carbocycles. The van der Waals surface area contributed by atoms with E-state index in [-0.39, 0.29) is 19.0 Å². The van der Waals surface area contributed by atoms with E-state index in [0.717, 1.165) is 10.0 Å². The van der Waals surface area contributed by atoms with E-state index < -0.39 is 12.1 Å². The molecule has 0 aromatic heterocycles. The van der Waals surface area contributed by atoms with Crippen LogP contribution in [-0.2, 0) is 19.1 Å². The van der Waals surface area contributed by atoms with Crippen molar-refractivity contribution in [1.82, 2.24) is 0 Å². The summed E-state index contributed by atoms with van der Waals surface area (Å²) in [6.45, 7) is 0.0321. The number of carbonyl (C=O) groups excluding carboxylic acids is 2. The second kappa shape index (κ2) is 7.61. The van der Waals surface area contributed by atoms with Crippen LogP contribution in [0.5, 0.6) is 0 Å². The van der Waals surface area contributed by atoms with Crippen molar-refractivity contribution >= 4 is 45.0 Å². The molecule has 1 heterocycles. The molecule has 0 amide bonds. The molecular formula is C15H14BrClO4. The van der Waals surface area contributed by atoms with E-state index in [2.05, 4.69) is 15.9 Å². The molecule has 0 radical (unpaired) electrons. The smallest absolute Gasteiger partial charge is 0.339 e. The van der Waals surface area contributed by atoms with Gasteiger partial charge in [-0.25, -0.2) is 4.79 Å². The third kappa shape index (κ3) is 4.58. The van der Waals surface area contributed by atoms with Gasteiger partial charge < -0.3 is 9.47 Å². The van der Waals surface area contributed by atoms with Gasteiger partial charge in [0, 0.05) is 16.8 Å². The van der Waals surface area contributed by atoms with Gasteiger partial charge in [-0.2, -0.15) is 0 Å². The monoisotopic (exact) mass is 372 g/mol. The first-order valence-electron chi connectivity index (χ1n) is 6.50. The van der Waals surface area contributed by atoms with Crippen molar-refractivity contribution in [2.45, 2.75) is 18.9 Å². The van der Waals surface area contributed by atoms with Gasteiger partial charge in [0.05, 0.1) is 5.57 Å². The lowest BCUT2D eigenvalue weighted by Gasteiger charge is -2.08. The van der Waals surface area contributed by atoms with Crippen LogP contribution in [0, 0.1) is 0 Å². The Labute approximate surface area is 136 Å². The average molecular weight is 374 g/mol. The van der Waals surface area contributed by atoms with Crippen LogP contribution in [0.4, 0.5) is 0 Å². The molecule has 21 heavy (non-hydrogen) atoms. The highest BCUT2D eigenvalue weighted by molar-refractivity contribution is 9.10. The minimum Gasteiger partial charge on any atom is -0.461 e. The topological polar surface area (TPSA) is 52.6 Å². The Balaban J connectivity index is 1.96. The van der Waals surface area contributed by atoms with E-state index in [1.807, 2.05) is 24.3 Å². The molecule has 1 aliphatic heterocycles. The van der Waals surface area contributed by atoms with Crippen LogP contribution in [0.25, 0.3) is 5.57 Å². The number of hydrogen-bond donors (Lipinski definition) is 0. The molecule has 1 unspecified atom stereocenters. The SMILES string of the molecule is O=C(CCCCl)OCC1C=C(c2cccc(Br)c2)C(=O)O1. The van der Waals surface area contributed by atoms with Crippen molar-refractivity contribution in [1.29, 1.82) is 0 Å². The largest absolute Gasteiger partial charge is 0.461 e. The predicted octanol–water partition coefficient (Wildman–Crippen LogP) is 3.32. The number of halogens is 2. The molecule has 1 aromatic rings. The number of esters is 2. The molecule has 0 N–H and O–H groups in total. The van der Waals surface area contributed by atoms with Gasteiger partial charge in [0.25, 0.3) is 0 Å². The average Bonchev–Trinajstić information content (AvgIpc) is 2.84. The van der Waals surface area contributed by atoms with Gasteiger partial charge >= 0.3 is 11.9 Å². The summed E-state index contributed by atoms with van der Waals surface area (Å²) in [5.41, 5.74) is 1.25. The van der Waals surface area contributed by atoms with Gasteiger partial charge in [0.15, 0.2) is 6.10 Å². The predicted molar refractivity (Wildman–Crippen MR) is 82.9 cm³/mol. The number of alkyl halides is 1. The van der Waals surface area contributed by atoms with Crippen molar-refractivity contribution in [2.75, 3.05) is 12.5 Å². The van der Waals surface area contributed by atoms with E-state index in [1.165, 1.54) is 0 Å². The van der Waals surface area contributed by atoms with Gasteiger partial charge in [-0.15, -0.1) is 11.6 Å². The molecule has 0 saturated heterocycles. The number of hydrogen-bond acceptors (Lipinski definition) is 4. The van der Waals surface area contributed by atoms with Crippen molar-refractivity contribution in [2.24, 2.45) is 0 Å². The van der Waals surface area contributed by atoms with Crippen LogP contribution in [-0.4, -0.2) is 30.5 Å². The van der Waals surface area contributed by atoms with Gasteiger partial charge in [0.2, 0.25) is 0 Å². The fraction of sp³-hybridized carbons (Fsp3) is 0.333. The maximum absolute atomic E-state index is 11.8. The molecule has 0 bridgehead atoms. The summed E-state index contributed by atoms with van der Waals surface area (Å²) in [6.07, 6.45) is 1.99. The summed E-state index contributed by atoms with van der Waals surface area (Å²) in [6, 6.07) is 7.38. The number of carbonyl (C=O) groups is 2. The molecule has 2 rings (SSSR count). The van der Waals surface area contributed by atoms with Crippen molar-refractivity contribution in [3.05, 3.63) is 40.4 Å². The van der Waals surface area contributed by atoms with Crippen LogP contribution in [0.3, 0.4) is 0 Å². The first-order valence-corrected chi connectivity index (χ1v) is 7.83. The second-order valence-corrected chi connectivity index (χ2v) is 5.80. The summed E-state index contributed by atoms with van der Waals surface area (Å²) in [4.78, 5) is 23.2. The van der Waals surface area contributed by atoms with E-state index >= 15 is 0 Å². The summed E-state index contributed by atoms with van der Waals surface area (Å²) in [5, 5.41) is 0. The van der Waals surface area contributed by atoms with E-state index in [4.69, 9.17) is 21.1 Å². The highest BCUT2D eigenvalue weighted by Crippen LogP contribution is 2.26. The van der Waals surface area contributed by atoms with Crippen molar-refractivity contribution in [3.8, 4) is 0 Å². The molecule has 112 valence electrons. The zero-order chi connectivity index (χ0) is 15.2. The lowest BCUT2D eigenvalue weighted by Crippen LogP contribution is -2.18. The highest BCUT2D eigenvalue weighted by Gasteiger charge is 2.27. The van der Waals surface area contributed by atoms with Crippen LogP contribution in [0.2, 0.25) is 0 Å². The van der Waals surface area contributed by atoms with Crippen LogP contribution in [0.1, 0.15) is 18.4 Å². The Kier molecular flexibility index (Phi) is 5.82. The highest BCUT2D eigenvalue weighted by atomic mass is 79.9. The Morgan fingerprint density at radius 1 is 1.43 bits per heavy atom. The Bertz CT molecular complexity index is 571. The van der Waals surface area contributed by atoms with Crippen LogP contribution < -0.4 is 0 Å². The lowest BCUT2D eigenvalue weighted by atomic mass is 10.1. The lowest BCUT2D eigenvalue weighted by molar-refractivity contribution is -0.151. The Morgan fingerprint density at radius 2 is 2.24 bits per heavy atom. The molecule has 6 heteroatoms. The zero-order valence-electron chi connectivity index (χ0n) is 11.2.